The molecule has 1 fully saturated rings. The number of rotatable bonds is 7. The molecule has 1 aliphatic rings. The third kappa shape index (κ3) is 5.82. The van der Waals surface area contributed by atoms with Crippen LogP contribution in [0.5, 0.6) is 5.75 Å². The quantitative estimate of drug-likeness (QED) is 0.722. The predicted octanol–water partition coefficient (Wildman–Crippen LogP) is 2.04. The van der Waals surface area contributed by atoms with Crippen molar-refractivity contribution in [3.8, 4) is 5.75 Å². The number of piperazine rings is 1. The van der Waals surface area contributed by atoms with E-state index >= 15 is 0 Å². The van der Waals surface area contributed by atoms with E-state index in [0.29, 0.717) is 50.2 Å². The number of aryl methyl sites for hydroxylation is 1. The lowest BCUT2D eigenvalue weighted by molar-refractivity contribution is -0.131. The van der Waals surface area contributed by atoms with Crippen molar-refractivity contribution >= 4 is 23.6 Å². The molecule has 30 heavy (non-hydrogen) atoms. The molecule has 1 saturated heterocycles. The van der Waals surface area contributed by atoms with Crippen molar-refractivity contribution in [2.24, 2.45) is 0 Å². The van der Waals surface area contributed by atoms with E-state index in [2.05, 4.69) is 25.5 Å². The standard InChI is InChI=1S/C21H28N6O3/c1-3-30-18-15-16(2)5-6-17(18)25-21(29)24-10-7-19(28)26-11-13-27(14-12-26)20-22-8-4-9-23-20/h4-6,8-9,15H,3,7,10-14H2,1-2H3,(H2,24,25,29). The van der Waals surface area contributed by atoms with Crippen LogP contribution in [0.4, 0.5) is 16.4 Å². The first-order valence-corrected chi connectivity index (χ1v) is 10.1. The first-order chi connectivity index (χ1) is 14.6. The minimum Gasteiger partial charge on any atom is -0.492 e. The highest BCUT2D eigenvalue weighted by molar-refractivity contribution is 5.91. The van der Waals surface area contributed by atoms with Crippen LogP contribution in [0.25, 0.3) is 0 Å². The van der Waals surface area contributed by atoms with Gasteiger partial charge < -0.3 is 25.2 Å². The van der Waals surface area contributed by atoms with Crippen LogP contribution < -0.4 is 20.3 Å². The summed E-state index contributed by atoms with van der Waals surface area (Å²) in [6.45, 7) is 7.25. The van der Waals surface area contributed by atoms with E-state index in [4.69, 9.17) is 4.74 Å². The fourth-order valence-electron chi connectivity index (χ4n) is 3.23. The molecule has 0 bridgehead atoms. The van der Waals surface area contributed by atoms with Crippen molar-refractivity contribution in [3.63, 3.8) is 0 Å². The van der Waals surface area contributed by atoms with Crippen LogP contribution in [0.2, 0.25) is 0 Å². The summed E-state index contributed by atoms with van der Waals surface area (Å²) in [6, 6.07) is 7.01. The molecule has 1 aromatic heterocycles. The largest absolute Gasteiger partial charge is 0.492 e. The van der Waals surface area contributed by atoms with Crippen LogP contribution >= 0.6 is 0 Å². The molecule has 0 spiro atoms. The maximum absolute atomic E-state index is 12.4. The zero-order valence-corrected chi connectivity index (χ0v) is 17.4. The van der Waals surface area contributed by atoms with E-state index in [0.717, 1.165) is 5.56 Å². The minimum atomic E-state index is -0.362. The Morgan fingerprint density at radius 3 is 2.57 bits per heavy atom. The number of hydrogen-bond acceptors (Lipinski definition) is 6. The summed E-state index contributed by atoms with van der Waals surface area (Å²) in [6.07, 6.45) is 3.68. The van der Waals surface area contributed by atoms with Crippen LogP contribution in [-0.4, -0.2) is 66.1 Å². The monoisotopic (exact) mass is 412 g/mol. The van der Waals surface area contributed by atoms with E-state index < -0.39 is 0 Å². The number of carbonyl (C=O) groups excluding carboxylic acids is 2. The normalized spacial score (nSPS) is 13.7. The molecule has 0 atom stereocenters. The Bertz CT molecular complexity index is 853. The van der Waals surface area contributed by atoms with Gasteiger partial charge in [-0.3, -0.25) is 4.79 Å². The van der Waals surface area contributed by atoms with E-state index in [1.165, 1.54) is 0 Å². The van der Waals surface area contributed by atoms with E-state index in [1.807, 2.05) is 30.9 Å². The summed E-state index contributed by atoms with van der Waals surface area (Å²) in [5.74, 6) is 1.34. The van der Waals surface area contributed by atoms with E-state index in [1.54, 1.807) is 24.5 Å². The van der Waals surface area contributed by atoms with Crippen molar-refractivity contribution in [1.82, 2.24) is 20.2 Å². The summed E-state index contributed by atoms with van der Waals surface area (Å²) in [4.78, 5) is 37.0. The molecule has 9 heteroatoms. The smallest absolute Gasteiger partial charge is 0.319 e. The van der Waals surface area contributed by atoms with Crippen molar-refractivity contribution in [3.05, 3.63) is 42.2 Å². The lowest BCUT2D eigenvalue weighted by Gasteiger charge is -2.34. The van der Waals surface area contributed by atoms with Gasteiger partial charge in [0.1, 0.15) is 5.75 Å². The molecule has 3 rings (SSSR count). The molecule has 2 aromatic rings. The minimum absolute atomic E-state index is 0.0225. The maximum Gasteiger partial charge on any atom is 0.319 e. The number of amides is 3. The number of ether oxygens (including phenoxy) is 1. The number of nitrogens with zero attached hydrogens (tertiary/aromatic N) is 4. The van der Waals surface area contributed by atoms with Gasteiger partial charge in [-0.15, -0.1) is 0 Å². The number of anilines is 2. The third-order valence-corrected chi connectivity index (χ3v) is 4.78. The number of hydrogen-bond donors (Lipinski definition) is 2. The molecule has 0 radical (unpaired) electrons. The summed E-state index contributed by atoms with van der Waals surface area (Å²) >= 11 is 0. The average molecular weight is 412 g/mol. The zero-order valence-electron chi connectivity index (χ0n) is 17.4. The number of carbonyl (C=O) groups is 2. The van der Waals surface area contributed by atoms with Gasteiger partial charge in [-0.25, -0.2) is 14.8 Å². The second-order valence-corrected chi connectivity index (χ2v) is 6.98. The highest BCUT2D eigenvalue weighted by atomic mass is 16.5. The van der Waals surface area contributed by atoms with Gasteiger partial charge in [0, 0.05) is 51.5 Å². The highest BCUT2D eigenvalue weighted by Crippen LogP contribution is 2.25. The maximum atomic E-state index is 12.4. The predicted molar refractivity (Wildman–Crippen MR) is 115 cm³/mol. The molecule has 9 nitrogen and oxygen atoms in total. The number of urea groups is 1. The van der Waals surface area contributed by atoms with Gasteiger partial charge in [0.25, 0.3) is 0 Å². The number of benzene rings is 1. The van der Waals surface area contributed by atoms with Gasteiger partial charge in [0.05, 0.1) is 12.3 Å². The molecule has 3 amide bonds. The Morgan fingerprint density at radius 2 is 1.87 bits per heavy atom. The van der Waals surface area contributed by atoms with E-state index in [9.17, 15) is 9.59 Å². The van der Waals surface area contributed by atoms with Crippen molar-refractivity contribution in [1.29, 1.82) is 0 Å². The second-order valence-electron chi connectivity index (χ2n) is 6.98. The van der Waals surface area contributed by atoms with Gasteiger partial charge in [-0.1, -0.05) is 6.07 Å². The first-order valence-electron chi connectivity index (χ1n) is 10.1. The fourth-order valence-corrected chi connectivity index (χ4v) is 3.23. The van der Waals surface area contributed by atoms with Crippen LogP contribution in [0, 0.1) is 6.92 Å². The molecular formula is C21H28N6O3. The van der Waals surface area contributed by atoms with Crippen molar-refractivity contribution in [2.45, 2.75) is 20.3 Å². The Hall–Kier alpha value is -3.36. The van der Waals surface area contributed by atoms with Crippen LogP contribution in [0.15, 0.2) is 36.7 Å². The topological polar surface area (TPSA) is 99.7 Å². The van der Waals surface area contributed by atoms with Crippen molar-refractivity contribution in [2.75, 3.05) is 49.5 Å². The van der Waals surface area contributed by atoms with Gasteiger partial charge in [0.2, 0.25) is 11.9 Å². The summed E-state index contributed by atoms with van der Waals surface area (Å²) < 4.78 is 5.57. The number of nitrogens with one attached hydrogen (secondary N) is 2. The molecular weight excluding hydrogens is 384 g/mol. The Balaban J connectivity index is 1.40. The van der Waals surface area contributed by atoms with Gasteiger partial charge in [-0.05, 0) is 37.6 Å². The average Bonchev–Trinajstić information content (AvgIpc) is 2.76. The third-order valence-electron chi connectivity index (χ3n) is 4.78. The molecule has 1 aliphatic heterocycles. The molecule has 2 N–H and O–H groups in total. The van der Waals surface area contributed by atoms with Gasteiger partial charge >= 0.3 is 6.03 Å². The second kappa shape index (κ2) is 10.4. The molecule has 0 aliphatic carbocycles. The summed E-state index contributed by atoms with van der Waals surface area (Å²) in [5.41, 5.74) is 1.65. The Kier molecular flexibility index (Phi) is 7.42. The Morgan fingerprint density at radius 1 is 1.13 bits per heavy atom. The lowest BCUT2D eigenvalue weighted by Crippen LogP contribution is -2.49. The van der Waals surface area contributed by atoms with Crippen LogP contribution in [0.3, 0.4) is 0 Å². The van der Waals surface area contributed by atoms with Crippen molar-refractivity contribution < 1.29 is 14.3 Å². The van der Waals surface area contributed by atoms with Crippen LogP contribution in [0.1, 0.15) is 18.9 Å². The SMILES string of the molecule is CCOc1cc(C)ccc1NC(=O)NCCC(=O)N1CCN(c2ncccn2)CC1. The summed E-state index contributed by atoms with van der Waals surface area (Å²) in [5, 5.41) is 5.52. The molecule has 1 aromatic carbocycles. The van der Waals surface area contributed by atoms with Gasteiger partial charge in [0.15, 0.2) is 0 Å². The molecule has 2 heterocycles. The molecule has 0 saturated carbocycles. The first kappa shape index (κ1) is 21.4. The van der Waals surface area contributed by atoms with Gasteiger partial charge in [-0.2, -0.15) is 0 Å². The lowest BCUT2D eigenvalue weighted by atomic mass is 10.2. The number of aromatic nitrogens is 2. The highest BCUT2D eigenvalue weighted by Gasteiger charge is 2.22. The molecule has 160 valence electrons. The molecule has 0 unspecified atom stereocenters. The summed E-state index contributed by atoms with van der Waals surface area (Å²) in [7, 11) is 0. The zero-order chi connectivity index (χ0) is 21.3. The Labute approximate surface area is 176 Å². The van der Waals surface area contributed by atoms with Crippen LogP contribution in [-0.2, 0) is 4.79 Å². The fraction of sp³-hybridized carbons (Fsp3) is 0.429. The van der Waals surface area contributed by atoms with E-state index in [-0.39, 0.29) is 24.9 Å².